The number of aliphatic imine (C=N–C) groups is 2. The lowest BCUT2D eigenvalue weighted by molar-refractivity contribution is -0.111. The van der Waals surface area contributed by atoms with Crippen LogP contribution in [0.25, 0.3) is 54.5 Å². The summed E-state index contributed by atoms with van der Waals surface area (Å²) >= 11 is 9.96. The number of hydrogen-bond donors (Lipinski definition) is 2. The van der Waals surface area contributed by atoms with Crippen LogP contribution in [0.4, 0.5) is 9.59 Å². The first-order chi connectivity index (χ1) is 60.1. The molecule has 0 radical (unpaired) electrons. The van der Waals surface area contributed by atoms with Crippen molar-refractivity contribution in [2.24, 2.45) is 9.98 Å². The zero-order valence-electron chi connectivity index (χ0n) is 77.1. The van der Waals surface area contributed by atoms with Crippen LogP contribution in [-0.2, 0) is 70.1 Å². The third kappa shape index (κ3) is 31.3. The van der Waals surface area contributed by atoms with Crippen molar-refractivity contribution < 1.29 is 14.4 Å². The fourth-order valence-corrected chi connectivity index (χ4v) is 17.1. The molecule has 17 nitrogen and oxygen atoms in total. The van der Waals surface area contributed by atoms with Crippen molar-refractivity contribution in [1.82, 2.24) is 33.5 Å². The molecule has 2 amide bonds. The lowest BCUT2D eigenvalue weighted by Crippen LogP contribution is -2.27. The van der Waals surface area contributed by atoms with Crippen LogP contribution in [0.2, 0.25) is 0 Å². The number of unbranched alkanes of at least 4 members (excludes halogenated alkanes) is 22. The molecule has 0 atom stereocenters. The summed E-state index contributed by atoms with van der Waals surface area (Å²) < 4.78 is 10.6. The number of pyridine rings is 5. The molecule has 672 valence electrons. The number of fused-ring (bicyclic) bond motifs is 5. The van der Waals surface area contributed by atoms with Gasteiger partial charge in [-0.05, 0) is 204 Å². The Bertz CT molecular complexity index is 5480. The molecule has 0 saturated carbocycles. The van der Waals surface area contributed by atoms with Gasteiger partial charge in [-0.25, -0.2) is 4.99 Å². The molecule has 5 aromatic heterocycles. The summed E-state index contributed by atoms with van der Waals surface area (Å²) in [4.78, 5) is 108. The van der Waals surface area contributed by atoms with E-state index in [1.807, 2.05) is 175 Å². The summed E-state index contributed by atoms with van der Waals surface area (Å²) in [5.74, 6) is 0. The van der Waals surface area contributed by atoms with E-state index in [9.17, 15) is 38.4 Å². The highest BCUT2D eigenvalue weighted by Crippen LogP contribution is 2.27. The van der Waals surface area contributed by atoms with Crippen LogP contribution in [0.15, 0.2) is 155 Å². The number of isothiocyanates is 1. The second-order valence-corrected chi connectivity index (χ2v) is 35.7. The molecule has 0 fully saturated rings. The molecule has 5 aromatic carbocycles. The topological polar surface area (TPSA) is 210 Å². The van der Waals surface area contributed by atoms with Crippen molar-refractivity contribution in [2.75, 3.05) is 25.0 Å². The van der Waals surface area contributed by atoms with Gasteiger partial charge in [-0.15, -0.1) is 11.8 Å². The Hall–Kier alpha value is -8.37. The number of carbonyl (C=O) groups excluding carboxylic acids is 3. The van der Waals surface area contributed by atoms with Gasteiger partial charge in [0.2, 0.25) is 5.12 Å². The van der Waals surface area contributed by atoms with Crippen LogP contribution in [0.1, 0.15) is 271 Å². The zero-order valence-corrected chi connectivity index (χ0v) is 81.2. The first-order valence-electron chi connectivity index (χ1n) is 45.4. The van der Waals surface area contributed by atoms with E-state index >= 15 is 0 Å². The van der Waals surface area contributed by atoms with Crippen LogP contribution < -0.4 is 37.8 Å². The highest BCUT2D eigenvalue weighted by molar-refractivity contribution is 8.13. The summed E-state index contributed by atoms with van der Waals surface area (Å²) in [6.45, 7) is 24.9. The predicted octanol–water partition coefficient (Wildman–Crippen LogP) is 25.6. The van der Waals surface area contributed by atoms with Gasteiger partial charge in [-0.3, -0.25) is 43.3 Å². The van der Waals surface area contributed by atoms with Crippen molar-refractivity contribution in [3.63, 3.8) is 0 Å². The molecule has 2 N–H and O–H groups in total. The number of benzene rings is 5. The smallest absolute Gasteiger partial charge is 0.280 e. The van der Waals surface area contributed by atoms with E-state index < -0.39 is 0 Å². The molecule has 0 unspecified atom stereocenters. The minimum absolute atomic E-state index is 0.0593. The zero-order chi connectivity index (χ0) is 90.3. The third-order valence-corrected chi connectivity index (χ3v) is 25.9. The van der Waals surface area contributed by atoms with E-state index in [-0.39, 0.29) is 42.7 Å². The predicted molar refractivity (Wildman–Crippen MR) is 541 cm³/mol. The van der Waals surface area contributed by atoms with Crippen molar-refractivity contribution in [3.8, 4) is 0 Å². The number of hydrogen-bond acceptors (Lipinski definition) is 15. The molecular formula is C102H141N9O8S5. The van der Waals surface area contributed by atoms with Gasteiger partial charge >= 0.3 is 0 Å². The highest BCUT2D eigenvalue weighted by Gasteiger charge is 2.21. The second kappa shape index (κ2) is 58.1. The molecule has 0 saturated heterocycles. The average Bonchev–Trinajstić information content (AvgIpc) is 0.799. The van der Waals surface area contributed by atoms with Crippen molar-refractivity contribution in [2.45, 2.75) is 315 Å². The minimum atomic E-state index is -0.0608. The maximum atomic E-state index is 12.8. The maximum Gasteiger partial charge on any atom is 0.280 e. The van der Waals surface area contributed by atoms with Gasteiger partial charge in [0, 0.05) is 83.2 Å². The third-order valence-electron chi connectivity index (χ3n) is 23.4. The van der Waals surface area contributed by atoms with Crippen molar-refractivity contribution in [3.05, 3.63) is 229 Å². The molecule has 124 heavy (non-hydrogen) atoms. The van der Waals surface area contributed by atoms with E-state index in [4.69, 9.17) is 17.2 Å². The lowest BCUT2D eigenvalue weighted by Gasteiger charge is -2.19. The van der Waals surface area contributed by atoms with Gasteiger partial charge in [-0.2, -0.15) is 0 Å². The van der Waals surface area contributed by atoms with Crippen LogP contribution in [-0.4, -0.2) is 73.7 Å². The monoisotopic (exact) mass is 1780 g/mol. The minimum Gasteiger partial charge on any atom is -0.336 e. The summed E-state index contributed by atoms with van der Waals surface area (Å²) in [5.41, 5.74) is 14.7. The SMILES string of the molecule is CCCCCCCCc1c(C)c(=O)c2ccccc2n1CC(=O)SC.CCCCCCCCc1c(C)c(=O)c2ccccc2n1CNC(=O)SC.CCCCCCCc1c(C)c(=O)c2ccccc2n1CN=C(C)SC.CCCCCCCc1c(C)c(=O)c2ccccc2n1CN=C=S.CCCCCCCc1c(C)c(=O)c2ccccc2n1CNC(=O)SC. The van der Waals surface area contributed by atoms with Gasteiger partial charge in [0.05, 0.1) is 57.7 Å². The Morgan fingerprint density at radius 3 is 0.839 bits per heavy atom. The number of nitrogens with zero attached hydrogens (tertiary/aromatic N) is 7. The molecule has 0 spiro atoms. The number of para-hydroxylation sites is 5. The van der Waals surface area contributed by atoms with Gasteiger partial charge in [0.15, 0.2) is 27.1 Å². The first kappa shape index (κ1) is 104. The number of rotatable bonds is 42. The summed E-state index contributed by atoms with van der Waals surface area (Å²) in [7, 11) is 0. The Morgan fingerprint density at radius 1 is 0.331 bits per heavy atom. The molecule has 0 aliphatic carbocycles. The fraction of sp³-hybridized carbons (Fsp3) is 0.510. The van der Waals surface area contributed by atoms with Gasteiger partial charge in [0.1, 0.15) is 13.3 Å². The lowest BCUT2D eigenvalue weighted by atomic mass is 10.0. The van der Waals surface area contributed by atoms with E-state index in [1.54, 1.807) is 24.3 Å². The normalized spacial score (nSPS) is 11.2. The molecule has 10 rings (SSSR count). The molecule has 0 aliphatic rings. The van der Waals surface area contributed by atoms with Gasteiger partial charge in [0.25, 0.3) is 10.5 Å². The largest absolute Gasteiger partial charge is 0.336 e. The van der Waals surface area contributed by atoms with E-state index in [2.05, 4.69) is 78.2 Å². The van der Waals surface area contributed by atoms with Crippen molar-refractivity contribution >= 4 is 140 Å². The second-order valence-electron chi connectivity index (χ2n) is 32.1. The molecule has 5 heterocycles. The summed E-state index contributed by atoms with van der Waals surface area (Å²) in [5, 5.41) is 13.0. The maximum absolute atomic E-state index is 12.8. The van der Waals surface area contributed by atoms with E-state index in [0.717, 1.165) is 181 Å². The number of thiocarbonyl (C=S) groups is 1. The molecule has 0 bridgehead atoms. The van der Waals surface area contributed by atoms with Crippen LogP contribution >= 0.6 is 59.3 Å². The van der Waals surface area contributed by atoms with Crippen LogP contribution in [0.5, 0.6) is 0 Å². The summed E-state index contributed by atoms with van der Waals surface area (Å²) in [6.07, 6.45) is 44.6. The Morgan fingerprint density at radius 2 is 0.573 bits per heavy atom. The van der Waals surface area contributed by atoms with Crippen LogP contribution in [0, 0.1) is 34.6 Å². The Labute approximate surface area is 760 Å². The number of thioether (sulfide) groups is 4. The van der Waals surface area contributed by atoms with E-state index in [0.29, 0.717) is 44.0 Å². The number of aromatic nitrogens is 5. The quantitative estimate of drug-likeness (QED) is 0.0158. The fourth-order valence-electron chi connectivity index (χ4n) is 16.2. The Balaban J connectivity index is 0.000000240. The Kier molecular flexibility index (Phi) is 48.9. The van der Waals surface area contributed by atoms with Crippen LogP contribution in [0.3, 0.4) is 0 Å². The van der Waals surface area contributed by atoms with Crippen molar-refractivity contribution in [1.29, 1.82) is 0 Å². The molecule has 22 heteroatoms. The summed E-state index contributed by atoms with van der Waals surface area (Å²) in [6, 6.07) is 38.6. The first-order valence-corrected chi connectivity index (χ1v) is 50.7. The standard InChI is InChI=1S/C21H30N2O2S.C21H30N2OS.C21H29NO2S.C20H28N2O2S.C19H24N2OS/c1-4-5-6-7-8-9-13-18-16(2)20(24)17-12-10-11-14-19(17)23(18)15-22-21(25)26-3;1-5-6-7-8-9-13-19-16(2)21(24)18-12-10-11-14-20(18)23(19)15-22-17(3)25-4;1-4-5-6-7-8-9-13-18-16(2)21(24)17-12-10-11-14-19(17)22(18)15-20(23)25-3;1-4-5-6-7-8-12-17-15(2)19(23)16-11-9-10-13-18(16)22(17)14-21-20(24)25-3;1-3-4-5-6-7-11-17-15(2)19(22)16-10-8-9-12-18(16)21(17)13-20-14-23/h10-12,14H,4-9,13,15H2,1-3H3,(H,22,25);10-12,14H,5-9,13,15H2,1-4H3;10-12,14H,4-9,13,15H2,1-3H3;9-11,13H,4-8,12,14H2,1-3H3,(H,21,24);8-10,12H,3-7,11,13H2,1-2H3. The molecule has 0 aliphatic heterocycles. The number of amides is 2. The number of nitrogens with one attached hydrogen (secondary N) is 2. The highest BCUT2D eigenvalue weighted by atomic mass is 32.2. The van der Waals surface area contributed by atoms with E-state index in [1.165, 1.54) is 165 Å². The average molecular weight is 1780 g/mol. The number of carbonyl (C=O) groups is 3. The molecule has 10 aromatic rings. The van der Waals surface area contributed by atoms with Gasteiger partial charge in [-0.1, -0.05) is 272 Å². The molecular weight excluding hydrogens is 1640 g/mol. The van der Waals surface area contributed by atoms with Gasteiger partial charge < -0.3 is 33.5 Å².